The van der Waals surface area contributed by atoms with Gasteiger partial charge in [-0.1, -0.05) is 48.6 Å². The van der Waals surface area contributed by atoms with Crippen LogP contribution in [0.5, 0.6) is 0 Å². The summed E-state index contributed by atoms with van der Waals surface area (Å²) in [6.45, 7) is 5.73. The van der Waals surface area contributed by atoms with Crippen LogP contribution in [0.25, 0.3) is 17.2 Å². The van der Waals surface area contributed by atoms with E-state index in [1.165, 1.54) is 20.3 Å². The molecule has 3 heterocycles. The van der Waals surface area contributed by atoms with Crippen LogP contribution in [0.3, 0.4) is 0 Å². The molecule has 162 valence electrons. The summed E-state index contributed by atoms with van der Waals surface area (Å²) in [6, 6.07) is 16.2. The second-order valence-corrected chi connectivity index (χ2v) is 8.30. The molecule has 0 bridgehead atoms. The van der Waals surface area contributed by atoms with Crippen molar-refractivity contribution in [3.63, 3.8) is 0 Å². The van der Waals surface area contributed by atoms with E-state index in [4.69, 9.17) is 4.98 Å². The van der Waals surface area contributed by atoms with Crippen LogP contribution in [0.1, 0.15) is 16.7 Å². The number of fused-ring (bicyclic) bond motifs is 3. The van der Waals surface area contributed by atoms with E-state index in [1.807, 2.05) is 47.1 Å². The zero-order valence-corrected chi connectivity index (χ0v) is 18.4. The standard InChI is InChI=1S/C25H25N5O2/c1-17-14-18(2)16-20(15-17)28-12-13-29-21-22(26-24(28)29)27(3)25(32)30(23(21)31)11-7-10-19-8-5-4-6-9-19/h4-10,14-16H,11-13H2,1-3H3/b10-7+. The molecule has 2 aromatic carbocycles. The molecule has 32 heavy (non-hydrogen) atoms. The number of rotatable bonds is 4. The molecule has 0 amide bonds. The van der Waals surface area contributed by atoms with Crippen molar-refractivity contribution in [3.8, 4) is 0 Å². The van der Waals surface area contributed by atoms with Gasteiger partial charge < -0.3 is 9.47 Å². The molecule has 0 aliphatic carbocycles. The fraction of sp³-hybridized carbons (Fsp3) is 0.240. The summed E-state index contributed by atoms with van der Waals surface area (Å²) in [5, 5.41) is 0. The van der Waals surface area contributed by atoms with Crippen LogP contribution < -0.4 is 16.1 Å². The van der Waals surface area contributed by atoms with Gasteiger partial charge in [0.1, 0.15) is 0 Å². The van der Waals surface area contributed by atoms with Crippen LogP contribution in [-0.2, 0) is 20.1 Å². The average Bonchev–Trinajstić information content (AvgIpc) is 3.34. The summed E-state index contributed by atoms with van der Waals surface area (Å²) in [6.07, 6.45) is 3.76. The number of hydrogen-bond acceptors (Lipinski definition) is 4. The molecule has 5 rings (SSSR count). The number of aromatic nitrogens is 4. The number of hydrogen-bond donors (Lipinski definition) is 0. The van der Waals surface area contributed by atoms with Crippen molar-refractivity contribution in [2.75, 3.05) is 11.4 Å². The molecule has 1 aliphatic heterocycles. The quantitative estimate of drug-likeness (QED) is 0.501. The maximum atomic E-state index is 13.4. The Morgan fingerprint density at radius 2 is 1.72 bits per heavy atom. The summed E-state index contributed by atoms with van der Waals surface area (Å²) in [5.74, 6) is 0.703. The number of nitrogens with zero attached hydrogens (tertiary/aromatic N) is 5. The van der Waals surface area contributed by atoms with Gasteiger partial charge in [-0.2, -0.15) is 4.98 Å². The lowest BCUT2D eigenvalue weighted by Gasteiger charge is -2.17. The van der Waals surface area contributed by atoms with Crippen molar-refractivity contribution in [3.05, 3.63) is 92.1 Å². The second kappa shape index (κ2) is 7.67. The van der Waals surface area contributed by atoms with Gasteiger partial charge in [0, 0.05) is 32.4 Å². The fourth-order valence-corrected chi connectivity index (χ4v) is 4.45. The van der Waals surface area contributed by atoms with Crippen LogP contribution in [0, 0.1) is 13.8 Å². The Kier molecular flexibility index (Phi) is 4.81. The molecule has 0 fully saturated rings. The Labute approximate surface area is 185 Å². The molecule has 0 radical (unpaired) electrons. The van der Waals surface area contributed by atoms with Crippen LogP contribution in [-0.4, -0.2) is 25.2 Å². The van der Waals surface area contributed by atoms with Gasteiger partial charge in [0.2, 0.25) is 5.95 Å². The zero-order chi connectivity index (χ0) is 22.4. The Morgan fingerprint density at radius 1 is 1.00 bits per heavy atom. The van der Waals surface area contributed by atoms with Gasteiger partial charge in [-0.3, -0.25) is 13.9 Å². The lowest BCUT2D eigenvalue weighted by molar-refractivity contribution is 0.663. The summed E-state index contributed by atoms with van der Waals surface area (Å²) in [5.41, 5.74) is 4.65. The monoisotopic (exact) mass is 427 g/mol. The van der Waals surface area contributed by atoms with E-state index < -0.39 is 0 Å². The Morgan fingerprint density at radius 3 is 2.44 bits per heavy atom. The zero-order valence-electron chi connectivity index (χ0n) is 18.4. The third kappa shape index (κ3) is 3.26. The van der Waals surface area contributed by atoms with Gasteiger partial charge >= 0.3 is 5.69 Å². The Balaban J connectivity index is 1.59. The number of benzene rings is 2. The molecule has 0 spiro atoms. The smallest absolute Gasteiger partial charge is 0.310 e. The highest BCUT2D eigenvalue weighted by atomic mass is 16.2. The third-order valence-corrected chi connectivity index (χ3v) is 5.92. The lowest BCUT2D eigenvalue weighted by atomic mass is 10.1. The Hall–Kier alpha value is -3.87. The average molecular weight is 428 g/mol. The number of aryl methyl sites for hydroxylation is 3. The predicted molar refractivity (Wildman–Crippen MR) is 128 cm³/mol. The summed E-state index contributed by atoms with van der Waals surface area (Å²) >= 11 is 0. The lowest BCUT2D eigenvalue weighted by Crippen LogP contribution is -2.39. The van der Waals surface area contributed by atoms with Crippen LogP contribution in [0.4, 0.5) is 11.6 Å². The normalized spacial score (nSPS) is 13.4. The largest absolute Gasteiger partial charge is 0.332 e. The van der Waals surface area contributed by atoms with Crippen molar-refractivity contribution >= 4 is 28.9 Å². The molecule has 2 aromatic heterocycles. The highest BCUT2D eigenvalue weighted by Gasteiger charge is 2.28. The number of imidazole rings is 1. The first-order chi connectivity index (χ1) is 15.4. The van der Waals surface area contributed by atoms with Crippen molar-refractivity contribution in [1.29, 1.82) is 0 Å². The molecular formula is C25H25N5O2. The van der Waals surface area contributed by atoms with Gasteiger partial charge in [0.05, 0.1) is 0 Å². The predicted octanol–water partition coefficient (Wildman–Crippen LogP) is 3.38. The molecule has 7 heteroatoms. The van der Waals surface area contributed by atoms with Gasteiger partial charge in [-0.05, 0) is 42.7 Å². The van der Waals surface area contributed by atoms with Gasteiger partial charge in [0.25, 0.3) is 5.56 Å². The van der Waals surface area contributed by atoms with Crippen LogP contribution >= 0.6 is 0 Å². The third-order valence-electron chi connectivity index (χ3n) is 5.92. The topological polar surface area (TPSA) is 65.1 Å². The van der Waals surface area contributed by atoms with E-state index in [1.54, 1.807) is 7.05 Å². The Bertz CT molecular complexity index is 1450. The first-order valence-electron chi connectivity index (χ1n) is 10.7. The number of allylic oxidation sites excluding steroid dienone is 1. The van der Waals surface area contributed by atoms with E-state index in [9.17, 15) is 9.59 Å². The van der Waals surface area contributed by atoms with Crippen molar-refractivity contribution in [1.82, 2.24) is 18.7 Å². The first-order valence-corrected chi connectivity index (χ1v) is 10.7. The molecule has 0 unspecified atom stereocenters. The highest BCUT2D eigenvalue weighted by molar-refractivity contribution is 5.78. The van der Waals surface area contributed by atoms with Crippen LogP contribution in [0.2, 0.25) is 0 Å². The van der Waals surface area contributed by atoms with E-state index >= 15 is 0 Å². The summed E-state index contributed by atoms with van der Waals surface area (Å²) in [7, 11) is 1.67. The van der Waals surface area contributed by atoms with E-state index in [0.717, 1.165) is 17.8 Å². The van der Waals surface area contributed by atoms with Crippen molar-refractivity contribution < 1.29 is 0 Å². The van der Waals surface area contributed by atoms with Gasteiger partial charge in [-0.15, -0.1) is 0 Å². The van der Waals surface area contributed by atoms with E-state index in [2.05, 4.69) is 36.9 Å². The molecular weight excluding hydrogens is 402 g/mol. The summed E-state index contributed by atoms with van der Waals surface area (Å²) in [4.78, 5) is 33.1. The minimum atomic E-state index is -0.366. The fourth-order valence-electron chi connectivity index (χ4n) is 4.45. The molecule has 7 nitrogen and oxygen atoms in total. The van der Waals surface area contributed by atoms with Crippen molar-refractivity contribution in [2.45, 2.75) is 26.9 Å². The van der Waals surface area contributed by atoms with Crippen molar-refractivity contribution in [2.24, 2.45) is 7.05 Å². The maximum Gasteiger partial charge on any atom is 0.332 e. The molecule has 0 N–H and O–H groups in total. The molecule has 0 atom stereocenters. The molecule has 0 saturated carbocycles. The minimum absolute atomic E-state index is 0.206. The van der Waals surface area contributed by atoms with E-state index in [-0.39, 0.29) is 17.8 Å². The van der Waals surface area contributed by atoms with Gasteiger partial charge in [0.15, 0.2) is 11.2 Å². The first kappa shape index (κ1) is 20.1. The van der Waals surface area contributed by atoms with E-state index in [0.29, 0.717) is 23.7 Å². The SMILES string of the molecule is Cc1cc(C)cc(N2CCn3c2nc2c3c(=O)n(C/C=C/c3ccccc3)c(=O)n2C)c1. The second-order valence-electron chi connectivity index (χ2n) is 8.30. The minimum Gasteiger partial charge on any atom is -0.310 e. The van der Waals surface area contributed by atoms with Gasteiger partial charge in [-0.25, -0.2) is 4.79 Å². The number of anilines is 2. The summed E-state index contributed by atoms with van der Waals surface area (Å²) < 4.78 is 4.68. The maximum absolute atomic E-state index is 13.4. The highest BCUT2D eigenvalue weighted by Crippen LogP contribution is 2.32. The van der Waals surface area contributed by atoms with Crippen LogP contribution in [0.15, 0.2) is 64.2 Å². The molecule has 4 aromatic rings. The molecule has 0 saturated heterocycles. The molecule has 1 aliphatic rings.